The van der Waals surface area contributed by atoms with Gasteiger partial charge < -0.3 is 24.4 Å². The van der Waals surface area contributed by atoms with Gasteiger partial charge in [-0.05, 0) is 39.2 Å². The SMILES string of the molecule is CC(C)Oc1cc(F)ccc1CN1CCN(C2=C(Cl)C(O)N(C3CCCCO3)N=C2)CC1=O. The van der Waals surface area contributed by atoms with Gasteiger partial charge in [0.25, 0.3) is 0 Å². The molecule has 3 aliphatic rings. The van der Waals surface area contributed by atoms with Crippen LogP contribution in [0.2, 0.25) is 0 Å². The fourth-order valence-electron chi connectivity index (χ4n) is 4.20. The van der Waals surface area contributed by atoms with Gasteiger partial charge in [-0.3, -0.25) is 4.79 Å². The van der Waals surface area contributed by atoms with E-state index in [1.165, 1.54) is 17.1 Å². The quantitative estimate of drug-likeness (QED) is 0.674. The van der Waals surface area contributed by atoms with E-state index in [4.69, 9.17) is 21.1 Å². The van der Waals surface area contributed by atoms with Gasteiger partial charge in [0.1, 0.15) is 17.8 Å². The fraction of sp³-hybridized carbons (Fsp3) is 0.565. The summed E-state index contributed by atoms with van der Waals surface area (Å²) in [6.07, 6.45) is 2.83. The van der Waals surface area contributed by atoms with Gasteiger partial charge in [0, 0.05) is 37.9 Å². The van der Waals surface area contributed by atoms with Crippen LogP contribution in [0.25, 0.3) is 0 Å². The lowest BCUT2D eigenvalue weighted by Gasteiger charge is -2.40. The molecule has 0 spiro atoms. The third-order valence-corrected chi connectivity index (χ3v) is 6.29. The maximum absolute atomic E-state index is 13.7. The minimum Gasteiger partial charge on any atom is -0.491 e. The highest BCUT2D eigenvalue weighted by Crippen LogP contribution is 2.30. The average Bonchev–Trinajstić information content (AvgIpc) is 2.79. The number of hydrogen-bond donors (Lipinski definition) is 1. The van der Waals surface area contributed by atoms with Gasteiger partial charge in [-0.25, -0.2) is 9.40 Å². The number of aliphatic hydroxyl groups is 1. The van der Waals surface area contributed by atoms with Crippen molar-refractivity contribution in [2.75, 3.05) is 26.2 Å². The summed E-state index contributed by atoms with van der Waals surface area (Å²) in [6.45, 7) is 5.78. The molecular weight excluding hydrogens is 451 g/mol. The Balaban J connectivity index is 1.41. The predicted molar refractivity (Wildman–Crippen MR) is 122 cm³/mol. The average molecular weight is 481 g/mol. The Kier molecular flexibility index (Phi) is 7.41. The molecule has 0 aliphatic carbocycles. The first-order valence-electron chi connectivity index (χ1n) is 11.3. The van der Waals surface area contributed by atoms with Gasteiger partial charge in [-0.2, -0.15) is 5.10 Å². The first kappa shape index (κ1) is 23.8. The number of aliphatic hydroxyl groups excluding tert-OH is 1. The lowest BCUT2D eigenvalue weighted by molar-refractivity contribution is -0.139. The van der Waals surface area contributed by atoms with Crippen LogP contribution >= 0.6 is 11.6 Å². The molecule has 4 rings (SSSR count). The molecule has 0 aromatic heterocycles. The van der Waals surface area contributed by atoms with E-state index in [1.807, 2.05) is 18.7 Å². The highest BCUT2D eigenvalue weighted by atomic mass is 35.5. The highest BCUT2D eigenvalue weighted by molar-refractivity contribution is 6.32. The lowest BCUT2D eigenvalue weighted by Crippen LogP contribution is -2.51. The summed E-state index contributed by atoms with van der Waals surface area (Å²) in [4.78, 5) is 16.5. The molecule has 180 valence electrons. The van der Waals surface area contributed by atoms with Crippen LogP contribution in [-0.2, 0) is 16.1 Å². The number of ether oxygens (including phenoxy) is 2. The number of allylic oxidation sites excluding steroid dienone is 1. The third-order valence-electron chi connectivity index (χ3n) is 5.90. The van der Waals surface area contributed by atoms with Crippen molar-refractivity contribution in [3.8, 4) is 5.75 Å². The maximum atomic E-state index is 13.7. The monoisotopic (exact) mass is 480 g/mol. The molecular formula is C23H30ClFN4O4. The molecule has 1 N–H and O–H groups in total. The van der Waals surface area contributed by atoms with Crippen molar-refractivity contribution >= 4 is 23.7 Å². The van der Waals surface area contributed by atoms with Crippen LogP contribution in [0.1, 0.15) is 38.7 Å². The molecule has 10 heteroatoms. The van der Waals surface area contributed by atoms with E-state index < -0.39 is 6.23 Å². The molecule has 1 aromatic carbocycles. The summed E-state index contributed by atoms with van der Waals surface area (Å²) in [7, 11) is 0. The molecule has 3 aliphatic heterocycles. The molecule has 8 nitrogen and oxygen atoms in total. The Morgan fingerprint density at radius 3 is 2.85 bits per heavy atom. The van der Waals surface area contributed by atoms with Gasteiger partial charge in [0.05, 0.1) is 29.6 Å². The molecule has 0 bridgehead atoms. The van der Waals surface area contributed by atoms with E-state index in [1.54, 1.807) is 17.2 Å². The second-order valence-corrected chi connectivity index (χ2v) is 9.12. The van der Waals surface area contributed by atoms with Crippen molar-refractivity contribution < 1.29 is 23.8 Å². The zero-order chi connectivity index (χ0) is 23.5. The van der Waals surface area contributed by atoms with Gasteiger partial charge in [0.15, 0.2) is 6.23 Å². The van der Waals surface area contributed by atoms with Crippen molar-refractivity contribution in [3.05, 3.63) is 40.3 Å². The second-order valence-electron chi connectivity index (χ2n) is 8.71. The number of amides is 1. The maximum Gasteiger partial charge on any atom is 0.242 e. The molecule has 2 unspecified atom stereocenters. The topological polar surface area (TPSA) is 77.8 Å². The number of hydrogen-bond acceptors (Lipinski definition) is 7. The number of carbonyl (C=O) groups is 1. The standard InChI is InChI=1S/C23H30ClFN4O4/c1-15(2)33-19-11-17(25)7-6-16(19)13-28-9-8-27(14-20(28)30)18-12-26-29(23(31)22(18)24)21-5-3-4-10-32-21/h6-7,11-12,15,21,23,31H,3-5,8-10,13-14H2,1-2H3. The Morgan fingerprint density at radius 1 is 1.33 bits per heavy atom. The van der Waals surface area contributed by atoms with Crippen LogP contribution in [0, 0.1) is 5.82 Å². The van der Waals surface area contributed by atoms with E-state index in [0.29, 0.717) is 37.7 Å². The van der Waals surface area contributed by atoms with Crippen molar-refractivity contribution in [3.63, 3.8) is 0 Å². The van der Waals surface area contributed by atoms with Crippen LogP contribution in [0.4, 0.5) is 4.39 Å². The van der Waals surface area contributed by atoms with E-state index in [2.05, 4.69) is 5.10 Å². The normalized spacial score (nSPS) is 24.2. The second kappa shape index (κ2) is 10.3. The highest BCUT2D eigenvalue weighted by Gasteiger charge is 2.35. The number of benzene rings is 1. The van der Waals surface area contributed by atoms with Gasteiger partial charge in [-0.1, -0.05) is 17.7 Å². The minimum absolute atomic E-state index is 0.0982. The molecule has 2 fully saturated rings. The molecule has 0 saturated carbocycles. The minimum atomic E-state index is -1.11. The summed E-state index contributed by atoms with van der Waals surface area (Å²) >= 11 is 6.50. The fourth-order valence-corrected chi connectivity index (χ4v) is 4.47. The first-order chi connectivity index (χ1) is 15.8. The summed E-state index contributed by atoms with van der Waals surface area (Å²) in [5, 5.41) is 16.8. The lowest BCUT2D eigenvalue weighted by atomic mass is 10.1. The van der Waals surface area contributed by atoms with E-state index in [-0.39, 0.29) is 35.6 Å². The van der Waals surface area contributed by atoms with Crippen LogP contribution in [-0.4, -0.2) is 76.8 Å². The Bertz CT molecular complexity index is 935. The Hall–Kier alpha value is -2.36. The Morgan fingerprint density at radius 2 is 2.15 bits per heavy atom. The number of hydrazone groups is 1. The molecule has 2 atom stereocenters. The number of nitrogens with zero attached hydrogens (tertiary/aromatic N) is 4. The number of halogens is 2. The van der Waals surface area contributed by atoms with Crippen LogP contribution < -0.4 is 4.74 Å². The third kappa shape index (κ3) is 5.42. The van der Waals surface area contributed by atoms with Crippen LogP contribution in [0.15, 0.2) is 34.0 Å². The molecule has 3 heterocycles. The van der Waals surface area contributed by atoms with Crippen molar-refractivity contribution in [2.24, 2.45) is 5.10 Å². The van der Waals surface area contributed by atoms with Crippen LogP contribution in [0.5, 0.6) is 5.75 Å². The first-order valence-corrected chi connectivity index (χ1v) is 11.7. The number of piperazine rings is 1. The van der Waals surface area contributed by atoms with Crippen LogP contribution in [0.3, 0.4) is 0 Å². The van der Waals surface area contributed by atoms with Crippen molar-refractivity contribution in [1.82, 2.24) is 14.8 Å². The molecule has 1 amide bonds. The zero-order valence-electron chi connectivity index (χ0n) is 18.9. The van der Waals surface area contributed by atoms with E-state index in [0.717, 1.165) is 24.8 Å². The van der Waals surface area contributed by atoms with E-state index in [9.17, 15) is 14.3 Å². The summed E-state index contributed by atoms with van der Waals surface area (Å²) in [5.74, 6) is -0.0348. The predicted octanol–water partition coefficient (Wildman–Crippen LogP) is 2.85. The van der Waals surface area contributed by atoms with E-state index >= 15 is 0 Å². The largest absolute Gasteiger partial charge is 0.491 e. The Labute approximate surface area is 198 Å². The molecule has 1 aromatic rings. The zero-order valence-corrected chi connectivity index (χ0v) is 19.7. The molecule has 2 saturated heterocycles. The summed E-state index contributed by atoms with van der Waals surface area (Å²) in [5.41, 5.74) is 1.29. The molecule has 0 radical (unpaired) electrons. The van der Waals surface area contributed by atoms with Gasteiger partial charge >= 0.3 is 0 Å². The summed E-state index contributed by atoms with van der Waals surface area (Å²) < 4.78 is 25.1. The number of rotatable bonds is 6. The smallest absolute Gasteiger partial charge is 0.242 e. The number of carbonyl (C=O) groups excluding carboxylic acids is 1. The summed E-state index contributed by atoms with van der Waals surface area (Å²) in [6, 6.07) is 4.37. The van der Waals surface area contributed by atoms with Gasteiger partial charge in [0.2, 0.25) is 5.91 Å². The van der Waals surface area contributed by atoms with Gasteiger partial charge in [-0.15, -0.1) is 0 Å². The van der Waals surface area contributed by atoms with Crippen molar-refractivity contribution in [2.45, 2.75) is 58.2 Å². The van der Waals surface area contributed by atoms with Crippen molar-refractivity contribution in [1.29, 1.82) is 0 Å². The molecule has 33 heavy (non-hydrogen) atoms.